The van der Waals surface area contributed by atoms with E-state index in [1.165, 1.54) is 23.8 Å². The van der Waals surface area contributed by atoms with E-state index in [9.17, 15) is 14.4 Å². The van der Waals surface area contributed by atoms with Crippen LogP contribution in [0, 0.1) is 4.77 Å². The third-order valence-electron chi connectivity index (χ3n) is 5.21. The van der Waals surface area contributed by atoms with Crippen LogP contribution in [0.1, 0.15) is 26.3 Å². The van der Waals surface area contributed by atoms with E-state index in [0.717, 1.165) is 10.0 Å². The average Bonchev–Trinajstić information content (AvgIpc) is 2.81. The quantitative estimate of drug-likeness (QED) is 0.317. The molecule has 0 saturated heterocycles. The molecule has 172 valence electrons. The highest BCUT2D eigenvalue weighted by Crippen LogP contribution is 2.26. The Kier molecular flexibility index (Phi) is 6.62. The van der Waals surface area contributed by atoms with Gasteiger partial charge in [0.1, 0.15) is 5.75 Å². The molecular formula is C24H19BrN4O4S. The number of primary amides is 1. The van der Waals surface area contributed by atoms with E-state index in [1.54, 1.807) is 24.3 Å². The number of hydrogen-bond donors (Lipinski definition) is 3. The fourth-order valence-electron chi connectivity index (χ4n) is 3.51. The lowest BCUT2D eigenvalue weighted by Crippen LogP contribution is -2.23. The summed E-state index contributed by atoms with van der Waals surface area (Å²) in [5.74, 6) is -0.719. The number of halogens is 1. The molecule has 8 nitrogen and oxygen atoms in total. The van der Waals surface area contributed by atoms with Crippen LogP contribution in [0.4, 0.5) is 5.69 Å². The summed E-state index contributed by atoms with van der Waals surface area (Å²) in [6.07, 6.45) is 0. The van der Waals surface area contributed by atoms with E-state index in [0.29, 0.717) is 28.9 Å². The van der Waals surface area contributed by atoms with E-state index in [1.807, 2.05) is 24.3 Å². The van der Waals surface area contributed by atoms with Crippen molar-refractivity contribution in [1.29, 1.82) is 0 Å². The van der Waals surface area contributed by atoms with Gasteiger partial charge in [0.2, 0.25) is 5.91 Å². The smallest absolute Gasteiger partial charge is 0.262 e. The van der Waals surface area contributed by atoms with Crippen LogP contribution in [-0.2, 0) is 6.54 Å². The molecule has 1 aromatic heterocycles. The number of ether oxygens (including phenoxy) is 1. The Bertz CT molecular complexity index is 1560. The van der Waals surface area contributed by atoms with Crippen LogP contribution >= 0.6 is 28.1 Å². The van der Waals surface area contributed by atoms with Crippen molar-refractivity contribution < 1.29 is 14.3 Å². The van der Waals surface area contributed by atoms with Gasteiger partial charge in [-0.25, -0.2) is 0 Å². The number of aromatic nitrogens is 2. The van der Waals surface area contributed by atoms with Crippen LogP contribution in [0.3, 0.4) is 0 Å². The van der Waals surface area contributed by atoms with Crippen LogP contribution in [0.5, 0.6) is 5.75 Å². The number of carbonyl (C=O) groups excluding carboxylic acids is 2. The predicted molar refractivity (Wildman–Crippen MR) is 136 cm³/mol. The summed E-state index contributed by atoms with van der Waals surface area (Å²) in [5, 5.41) is 3.11. The lowest BCUT2D eigenvalue weighted by Gasteiger charge is -2.12. The zero-order valence-electron chi connectivity index (χ0n) is 17.9. The van der Waals surface area contributed by atoms with Crippen molar-refractivity contribution in [2.45, 2.75) is 6.54 Å². The van der Waals surface area contributed by atoms with Crippen LogP contribution in [-0.4, -0.2) is 28.5 Å². The molecular weight excluding hydrogens is 520 g/mol. The van der Waals surface area contributed by atoms with E-state index >= 15 is 0 Å². The fourth-order valence-corrected chi connectivity index (χ4v) is 4.21. The lowest BCUT2D eigenvalue weighted by molar-refractivity contribution is 0.0996. The molecule has 0 saturated carbocycles. The maximum absolute atomic E-state index is 13.1. The number of nitrogens with two attached hydrogens (primary N) is 1. The number of amides is 2. The number of nitrogens with zero attached hydrogens (tertiary/aromatic N) is 1. The standard InChI is InChI=1S/C24H19BrN4O4S/c1-33-20-8-6-14(21(26)30)10-19(20)27-22(31)15-5-7-17-18(11-15)28-24(34)29(23(17)32)12-13-3-2-4-16(25)9-13/h2-11H,12H2,1H3,(H2,26,30)(H,27,31)(H,28,34). The van der Waals surface area contributed by atoms with Crippen molar-refractivity contribution in [3.05, 3.63) is 97.0 Å². The second-order valence-corrected chi connectivity index (χ2v) is 8.75. The van der Waals surface area contributed by atoms with Gasteiger partial charge >= 0.3 is 0 Å². The Morgan fingerprint density at radius 2 is 1.88 bits per heavy atom. The first-order chi connectivity index (χ1) is 16.3. The Morgan fingerprint density at radius 1 is 1.12 bits per heavy atom. The molecule has 4 aromatic rings. The highest BCUT2D eigenvalue weighted by Gasteiger charge is 2.14. The van der Waals surface area contributed by atoms with Gasteiger partial charge < -0.3 is 20.8 Å². The first-order valence-corrected chi connectivity index (χ1v) is 11.3. The zero-order valence-corrected chi connectivity index (χ0v) is 20.3. The number of methoxy groups -OCH3 is 1. The molecule has 4 rings (SSSR count). The van der Waals surface area contributed by atoms with Gasteiger partial charge in [-0.1, -0.05) is 28.1 Å². The summed E-state index contributed by atoms with van der Waals surface area (Å²) in [4.78, 5) is 40.5. The van der Waals surface area contributed by atoms with Crippen molar-refractivity contribution in [3.63, 3.8) is 0 Å². The normalized spacial score (nSPS) is 10.8. The average molecular weight is 539 g/mol. The van der Waals surface area contributed by atoms with Gasteiger partial charge in [-0.3, -0.25) is 19.0 Å². The van der Waals surface area contributed by atoms with Gasteiger partial charge in [0.05, 0.1) is 30.2 Å². The summed E-state index contributed by atoms with van der Waals surface area (Å²) in [6, 6.07) is 16.8. The molecule has 2 amide bonds. The Labute approximate surface area is 207 Å². The number of anilines is 1. The van der Waals surface area contributed by atoms with Gasteiger partial charge in [-0.05, 0) is 66.3 Å². The fraction of sp³-hybridized carbons (Fsp3) is 0.0833. The van der Waals surface area contributed by atoms with Crippen LogP contribution < -0.4 is 21.3 Å². The molecule has 1 heterocycles. The Hall–Kier alpha value is -3.76. The molecule has 0 aliphatic carbocycles. The summed E-state index contributed by atoms with van der Waals surface area (Å²) in [6.45, 7) is 0.307. The van der Waals surface area contributed by atoms with Crippen molar-refractivity contribution in [2.24, 2.45) is 5.73 Å². The second-order valence-electron chi connectivity index (χ2n) is 7.45. The van der Waals surface area contributed by atoms with E-state index in [-0.39, 0.29) is 21.5 Å². The number of aromatic amines is 1. The molecule has 3 aromatic carbocycles. The number of fused-ring (bicyclic) bond motifs is 1. The third-order valence-corrected chi connectivity index (χ3v) is 6.02. The molecule has 0 radical (unpaired) electrons. The minimum absolute atomic E-state index is 0.227. The van der Waals surface area contributed by atoms with Crippen LogP contribution in [0.25, 0.3) is 10.9 Å². The Morgan fingerprint density at radius 3 is 2.59 bits per heavy atom. The van der Waals surface area contributed by atoms with E-state index in [2.05, 4.69) is 26.2 Å². The van der Waals surface area contributed by atoms with Crippen LogP contribution in [0.2, 0.25) is 0 Å². The summed E-state index contributed by atoms with van der Waals surface area (Å²) >= 11 is 8.85. The molecule has 0 fully saturated rings. The molecule has 0 aliphatic heterocycles. The van der Waals surface area contributed by atoms with E-state index in [4.69, 9.17) is 22.7 Å². The Balaban J connectivity index is 1.67. The summed E-state index contributed by atoms with van der Waals surface area (Å²) in [5.41, 5.74) is 7.23. The minimum atomic E-state index is -0.629. The molecule has 34 heavy (non-hydrogen) atoms. The molecule has 10 heteroatoms. The number of nitrogens with one attached hydrogen (secondary N) is 2. The number of carbonyl (C=O) groups is 2. The molecule has 4 N–H and O–H groups in total. The second kappa shape index (κ2) is 9.62. The number of H-pyrrole nitrogens is 1. The zero-order chi connectivity index (χ0) is 24.4. The van der Waals surface area contributed by atoms with Gasteiger partial charge in [0.25, 0.3) is 11.5 Å². The van der Waals surface area contributed by atoms with Gasteiger partial charge in [0, 0.05) is 15.6 Å². The summed E-state index contributed by atoms with van der Waals surface area (Å²) < 4.78 is 7.87. The number of rotatable bonds is 6. The third kappa shape index (κ3) is 4.78. The summed E-state index contributed by atoms with van der Waals surface area (Å²) in [7, 11) is 1.45. The largest absolute Gasteiger partial charge is 0.495 e. The molecule has 0 spiro atoms. The predicted octanol–water partition coefficient (Wildman–Crippen LogP) is 4.23. The van der Waals surface area contributed by atoms with Crippen molar-refractivity contribution in [1.82, 2.24) is 9.55 Å². The van der Waals surface area contributed by atoms with Crippen molar-refractivity contribution in [2.75, 3.05) is 12.4 Å². The van der Waals surface area contributed by atoms with Crippen molar-refractivity contribution in [3.8, 4) is 5.75 Å². The SMILES string of the molecule is COc1ccc(C(N)=O)cc1NC(=O)c1ccc2c(=O)n(Cc3cccc(Br)c3)c(=S)[nH]c2c1. The molecule has 0 unspecified atom stereocenters. The first kappa shape index (κ1) is 23.4. The first-order valence-electron chi connectivity index (χ1n) is 10.1. The molecule has 0 bridgehead atoms. The highest BCUT2D eigenvalue weighted by molar-refractivity contribution is 9.10. The van der Waals surface area contributed by atoms with Crippen molar-refractivity contribution >= 4 is 56.6 Å². The maximum atomic E-state index is 13.1. The number of benzene rings is 3. The number of hydrogen-bond acceptors (Lipinski definition) is 5. The van der Waals surface area contributed by atoms with Gasteiger partial charge in [-0.2, -0.15) is 0 Å². The van der Waals surface area contributed by atoms with E-state index < -0.39 is 11.8 Å². The highest BCUT2D eigenvalue weighted by atomic mass is 79.9. The maximum Gasteiger partial charge on any atom is 0.262 e. The van der Waals surface area contributed by atoms with Crippen LogP contribution in [0.15, 0.2) is 69.9 Å². The topological polar surface area (TPSA) is 119 Å². The van der Waals surface area contributed by atoms with Gasteiger partial charge in [-0.15, -0.1) is 0 Å². The molecule has 0 aliphatic rings. The minimum Gasteiger partial charge on any atom is -0.495 e. The molecule has 0 atom stereocenters. The lowest BCUT2D eigenvalue weighted by atomic mass is 10.1. The van der Waals surface area contributed by atoms with Gasteiger partial charge in [0.15, 0.2) is 4.77 Å². The monoisotopic (exact) mass is 538 g/mol.